The highest BCUT2D eigenvalue weighted by molar-refractivity contribution is 9.10. The summed E-state index contributed by atoms with van der Waals surface area (Å²) in [6, 6.07) is 0. The summed E-state index contributed by atoms with van der Waals surface area (Å²) in [5.41, 5.74) is 0.439. The fraction of sp³-hybridized carbons (Fsp3) is 0.167. The molecule has 0 N–H and O–H groups in total. The summed E-state index contributed by atoms with van der Waals surface area (Å²) in [4.78, 5) is 18.2. The van der Waals surface area contributed by atoms with Crippen molar-refractivity contribution in [2.24, 2.45) is 0 Å². The van der Waals surface area contributed by atoms with Crippen molar-refractivity contribution in [3.63, 3.8) is 0 Å². The molecule has 3 nitrogen and oxygen atoms in total. The summed E-state index contributed by atoms with van der Waals surface area (Å²) in [5.74, 6) is -0.0893. The molecule has 11 heavy (non-hydrogen) atoms. The Kier molecular flexibility index (Phi) is 2.57. The lowest BCUT2D eigenvalue weighted by atomic mass is 10.2. The molecule has 0 aliphatic heterocycles. The van der Waals surface area contributed by atoms with Gasteiger partial charge < -0.3 is 0 Å². The van der Waals surface area contributed by atoms with E-state index in [9.17, 15) is 4.79 Å². The molecule has 0 bridgehead atoms. The van der Waals surface area contributed by atoms with E-state index >= 15 is 0 Å². The van der Waals surface area contributed by atoms with Crippen LogP contribution in [0.5, 0.6) is 0 Å². The van der Waals surface area contributed by atoms with Gasteiger partial charge in [0.1, 0.15) is 4.60 Å². The second kappa shape index (κ2) is 3.28. The summed E-state index contributed by atoms with van der Waals surface area (Å²) in [6.07, 6.45) is 1.39. The van der Waals surface area contributed by atoms with Gasteiger partial charge in [-0.15, -0.1) is 0 Å². The van der Waals surface area contributed by atoms with Crippen LogP contribution in [0.3, 0.4) is 0 Å². The largest absolute Gasteiger partial charge is 0.294 e. The third-order valence-electron chi connectivity index (χ3n) is 1.09. The van der Waals surface area contributed by atoms with Gasteiger partial charge in [0.2, 0.25) is 5.28 Å². The van der Waals surface area contributed by atoms with Crippen LogP contribution in [-0.2, 0) is 0 Å². The molecule has 0 aromatic carbocycles. The quantitative estimate of drug-likeness (QED) is 0.425. The smallest absolute Gasteiger partial charge is 0.223 e. The van der Waals surface area contributed by atoms with E-state index in [4.69, 9.17) is 11.6 Å². The van der Waals surface area contributed by atoms with Gasteiger partial charge in [-0.05, 0) is 34.5 Å². The molecule has 0 spiro atoms. The highest BCUT2D eigenvalue weighted by Crippen LogP contribution is 2.14. The first kappa shape index (κ1) is 8.62. The molecule has 0 atom stereocenters. The lowest BCUT2D eigenvalue weighted by molar-refractivity contribution is 0.101. The van der Waals surface area contributed by atoms with Gasteiger partial charge in [0.15, 0.2) is 5.78 Å². The highest BCUT2D eigenvalue weighted by Gasteiger charge is 2.06. The number of halogens is 2. The zero-order chi connectivity index (χ0) is 8.43. The maximum Gasteiger partial charge on any atom is 0.223 e. The van der Waals surface area contributed by atoms with Crippen molar-refractivity contribution < 1.29 is 4.79 Å². The molecule has 1 rings (SSSR count). The number of Topliss-reactive ketones (excluding diaryl/α,β-unsaturated/α-hetero) is 1. The van der Waals surface area contributed by atoms with Gasteiger partial charge in [0, 0.05) is 6.20 Å². The van der Waals surface area contributed by atoms with E-state index < -0.39 is 0 Å². The maximum absolute atomic E-state index is 10.8. The van der Waals surface area contributed by atoms with Gasteiger partial charge >= 0.3 is 0 Å². The Morgan fingerprint density at radius 1 is 1.73 bits per heavy atom. The van der Waals surface area contributed by atoms with Crippen molar-refractivity contribution in [3.8, 4) is 0 Å². The number of ketones is 1. The van der Waals surface area contributed by atoms with Crippen LogP contribution in [0.15, 0.2) is 10.8 Å². The van der Waals surface area contributed by atoms with Gasteiger partial charge in [-0.2, -0.15) is 0 Å². The molecule has 1 heterocycles. The molecule has 0 radical (unpaired) electrons. The molecule has 0 fully saturated rings. The molecular weight excluding hydrogens is 231 g/mol. The first-order valence-electron chi connectivity index (χ1n) is 2.80. The number of nitrogens with zero attached hydrogens (tertiary/aromatic N) is 2. The molecule has 0 aliphatic carbocycles. The fourth-order valence-corrected chi connectivity index (χ4v) is 1.36. The minimum absolute atomic E-state index is 0.0893. The molecule has 0 amide bonds. The molecule has 1 aromatic rings. The summed E-state index contributed by atoms with van der Waals surface area (Å²) < 4.78 is 0.435. The van der Waals surface area contributed by atoms with Crippen molar-refractivity contribution in [2.45, 2.75) is 6.92 Å². The Labute approximate surface area is 76.9 Å². The van der Waals surface area contributed by atoms with E-state index in [0.29, 0.717) is 10.2 Å². The van der Waals surface area contributed by atoms with Gasteiger partial charge in [0.25, 0.3) is 0 Å². The number of hydrogen-bond donors (Lipinski definition) is 0. The Bertz CT molecular complexity index is 303. The van der Waals surface area contributed by atoms with E-state index in [1.165, 1.54) is 13.1 Å². The number of aromatic nitrogens is 2. The van der Waals surface area contributed by atoms with Crippen LogP contribution >= 0.6 is 27.5 Å². The first-order valence-corrected chi connectivity index (χ1v) is 3.97. The molecule has 1 aromatic heterocycles. The van der Waals surface area contributed by atoms with Crippen LogP contribution in [0.25, 0.3) is 0 Å². The van der Waals surface area contributed by atoms with E-state index in [0.717, 1.165) is 0 Å². The average Bonchev–Trinajstić information content (AvgIpc) is 1.85. The summed E-state index contributed by atoms with van der Waals surface area (Å²) in [7, 11) is 0. The standard InChI is InChI=1S/C6H4BrClN2O/c1-3(11)4-2-9-6(8)10-5(4)7/h2H,1H3. The van der Waals surface area contributed by atoms with Crippen molar-refractivity contribution >= 4 is 33.3 Å². The summed E-state index contributed by atoms with van der Waals surface area (Å²) in [6.45, 7) is 1.44. The van der Waals surface area contributed by atoms with Crippen LogP contribution in [0.2, 0.25) is 5.28 Å². The lowest BCUT2D eigenvalue weighted by Crippen LogP contribution is -1.97. The van der Waals surface area contributed by atoms with Crippen LogP contribution < -0.4 is 0 Å². The van der Waals surface area contributed by atoms with Crippen LogP contribution in [0.1, 0.15) is 17.3 Å². The Morgan fingerprint density at radius 2 is 2.36 bits per heavy atom. The van der Waals surface area contributed by atoms with Crippen molar-refractivity contribution in [1.82, 2.24) is 9.97 Å². The Morgan fingerprint density at radius 3 is 2.82 bits per heavy atom. The normalized spacial score (nSPS) is 9.73. The van der Waals surface area contributed by atoms with E-state index in [-0.39, 0.29) is 11.1 Å². The molecule has 0 unspecified atom stereocenters. The predicted molar refractivity (Wildman–Crippen MR) is 44.7 cm³/mol. The molecule has 0 saturated carbocycles. The summed E-state index contributed by atoms with van der Waals surface area (Å²) >= 11 is 8.55. The fourth-order valence-electron chi connectivity index (χ4n) is 0.577. The first-order chi connectivity index (χ1) is 5.11. The SMILES string of the molecule is CC(=O)c1cnc(Cl)nc1Br. The highest BCUT2D eigenvalue weighted by atomic mass is 79.9. The lowest BCUT2D eigenvalue weighted by Gasteiger charge is -1.96. The second-order valence-corrected chi connectivity index (χ2v) is 2.99. The summed E-state index contributed by atoms with van der Waals surface area (Å²) in [5, 5.41) is 0.127. The van der Waals surface area contributed by atoms with E-state index in [1.807, 2.05) is 0 Å². The monoisotopic (exact) mass is 234 g/mol. The maximum atomic E-state index is 10.8. The van der Waals surface area contributed by atoms with Crippen molar-refractivity contribution in [3.05, 3.63) is 21.6 Å². The zero-order valence-electron chi connectivity index (χ0n) is 5.64. The molecule has 0 saturated heterocycles. The van der Waals surface area contributed by atoms with Gasteiger partial charge in [-0.3, -0.25) is 4.79 Å². The minimum Gasteiger partial charge on any atom is -0.294 e. The number of carbonyl (C=O) groups is 1. The van der Waals surface area contributed by atoms with Gasteiger partial charge in [-0.1, -0.05) is 0 Å². The third-order valence-corrected chi connectivity index (χ3v) is 1.88. The van der Waals surface area contributed by atoms with Gasteiger partial charge in [-0.25, -0.2) is 9.97 Å². The minimum atomic E-state index is -0.0893. The molecule has 5 heteroatoms. The van der Waals surface area contributed by atoms with Gasteiger partial charge in [0.05, 0.1) is 5.56 Å². The third kappa shape index (κ3) is 1.97. The predicted octanol–water partition coefficient (Wildman–Crippen LogP) is 2.10. The van der Waals surface area contributed by atoms with Crippen LogP contribution in [-0.4, -0.2) is 15.8 Å². The molecule has 58 valence electrons. The number of hydrogen-bond acceptors (Lipinski definition) is 3. The Balaban J connectivity index is 3.20. The number of rotatable bonds is 1. The van der Waals surface area contributed by atoms with E-state index in [1.54, 1.807) is 0 Å². The second-order valence-electron chi connectivity index (χ2n) is 1.90. The van der Waals surface area contributed by atoms with Crippen molar-refractivity contribution in [1.29, 1.82) is 0 Å². The topological polar surface area (TPSA) is 42.9 Å². The van der Waals surface area contributed by atoms with Crippen LogP contribution in [0.4, 0.5) is 0 Å². The Hall–Kier alpha value is -0.480. The molecule has 0 aliphatic rings. The van der Waals surface area contributed by atoms with Crippen molar-refractivity contribution in [2.75, 3.05) is 0 Å². The van der Waals surface area contributed by atoms with E-state index in [2.05, 4.69) is 25.9 Å². The number of carbonyl (C=O) groups excluding carboxylic acids is 1. The average molecular weight is 235 g/mol. The zero-order valence-corrected chi connectivity index (χ0v) is 7.98. The van der Waals surface area contributed by atoms with Crippen LogP contribution in [0, 0.1) is 0 Å². The molecular formula is C6H4BrClN2O.